The normalized spacial score (nSPS) is 11.9. The lowest BCUT2D eigenvalue weighted by atomic mass is 10.1. The quantitative estimate of drug-likeness (QED) is 0.418. The van der Waals surface area contributed by atoms with Gasteiger partial charge in [0.2, 0.25) is 21.8 Å². The van der Waals surface area contributed by atoms with Crippen LogP contribution in [0.25, 0.3) is 0 Å². The molecular weight excluding hydrogens is 506 g/mol. The average molecular weight is 540 g/mol. The first-order chi connectivity index (χ1) is 17.0. The Labute approximate surface area is 218 Å². The maximum atomic E-state index is 13.3. The molecule has 2 amide bonds. The molecule has 0 unspecified atom stereocenters. The van der Waals surface area contributed by atoms with Crippen molar-refractivity contribution in [1.82, 2.24) is 10.2 Å². The van der Waals surface area contributed by atoms with Gasteiger partial charge in [-0.05, 0) is 48.7 Å². The van der Waals surface area contributed by atoms with Crippen LogP contribution in [-0.2, 0) is 26.2 Å². The molecule has 0 aliphatic carbocycles. The van der Waals surface area contributed by atoms with E-state index in [2.05, 4.69) is 5.32 Å². The first-order valence-corrected chi connectivity index (χ1v) is 13.7. The Morgan fingerprint density at radius 3 is 2.25 bits per heavy atom. The number of sulfonamides is 1. The average Bonchev–Trinajstić information content (AvgIpc) is 2.85. The fourth-order valence-electron chi connectivity index (χ4n) is 3.83. The molecule has 36 heavy (non-hydrogen) atoms. The van der Waals surface area contributed by atoms with Crippen molar-refractivity contribution in [3.05, 3.63) is 53.1 Å². The molecule has 0 fully saturated rings. The van der Waals surface area contributed by atoms with Crippen molar-refractivity contribution in [2.45, 2.75) is 38.8 Å². The van der Waals surface area contributed by atoms with Gasteiger partial charge >= 0.3 is 0 Å². The summed E-state index contributed by atoms with van der Waals surface area (Å²) in [5.74, 6) is 0.611. The van der Waals surface area contributed by atoms with E-state index in [1.165, 1.54) is 29.4 Å². The van der Waals surface area contributed by atoms with E-state index in [0.717, 1.165) is 11.8 Å². The number of benzene rings is 2. The Balaban J connectivity index is 2.20. The maximum absolute atomic E-state index is 13.3. The van der Waals surface area contributed by atoms with Crippen LogP contribution in [0.3, 0.4) is 0 Å². The highest BCUT2D eigenvalue weighted by molar-refractivity contribution is 7.92. The highest BCUT2D eigenvalue weighted by atomic mass is 35.5. The second-order valence-electron chi connectivity index (χ2n) is 8.17. The second kappa shape index (κ2) is 13.4. The van der Waals surface area contributed by atoms with Crippen molar-refractivity contribution in [3.8, 4) is 11.5 Å². The molecule has 1 N–H and O–H groups in total. The van der Waals surface area contributed by atoms with Crippen LogP contribution in [0.15, 0.2) is 42.5 Å². The number of methoxy groups -OCH3 is 2. The molecule has 198 valence electrons. The van der Waals surface area contributed by atoms with Crippen LogP contribution in [0, 0.1) is 0 Å². The summed E-state index contributed by atoms with van der Waals surface area (Å²) < 4.78 is 36.5. The van der Waals surface area contributed by atoms with E-state index in [4.69, 9.17) is 21.1 Å². The molecule has 1 atom stereocenters. The van der Waals surface area contributed by atoms with Gasteiger partial charge in [0.1, 0.15) is 17.5 Å². The zero-order valence-electron chi connectivity index (χ0n) is 21.3. The van der Waals surface area contributed by atoms with Gasteiger partial charge in [0.25, 0.3) is 0 Å². The molecule has 0 saturated heterocycles. The standard InChI is InChI=1S/C25H34ClN3O6S/c1-6-22(25(31)27-2)28(17-18-9-12-20(34-3)13-10-18)24(30)8-7-15-29(36(5,32)33)19-11-14-23(35-4)21(26)16-19/h9-14,16,22H,6-8,15,17H2,1-5H3,(H,27,31)/t22-/m0/s1. The monoisotopic (exact) mass is 539 g/mol. The third kappa shape index (κ3) is 7.76. The smallest absolute Gasteiger partial charge is 0.242 e. The molecular formula is C25H34ClN3O6S. The van der Waals surface area contributed by atoms with E-state index < -0.39 is 16.1 Å². The van der Waals surface area contributed by atoms with E-state index in [1.54, 1.807) is 31.4 Å². The summed E-state index contributed by atoms with van der Waals surface area (Å²) in [6.07, 6.45) is 1.83. The maximum Gasteiger partial charge on any atom is 0.242 e. The van der Waals surface area contributed by atoms with Crippen molar-refractivity contribution in [2.24, 2.45) is 0 Å². The van der Waals surface area contributed by atoms with Crippen molar-refractivity contribution >= 4 is 39.1 Å². The Bertz CT molecular complexity index is 1140. The fourth-order valence-corrected chi connectivity index (χ4v) is 5.04. The summed E-state index contributed by atoms with van der Waals surface area (Å²) in [4.78, 5) is 27.4. The van der Waals surface area contributed by atoms with Gasteiger partial charge in [-0.2, -0.15) is 0 Å². The Kier molecular flexibility index (Phi) is 10.9. The van der Waals surface area contributed by atoms with Crippen LogP contribution in [0.2, 0.25) is 5.02 Å². The van der Waals surface area contributed by atoms with Gasteiger partial charge < -0.3 is 19.7 Å². The molecule has 0 heterocycles. The molecule has 0 aliphatic heterocycles. The van der Waals surface area contributed by atoms with E-state index in [-0.39, 0.29) is 42.8 Å². The van der Waals surface area contributed by atoms with E-state index >= 15 is 0 Å². The largest absolute Gasteiger partial charge is 0.497 e. The zero-order valence-corrected chi connectivity index (χ0v) is 22.9. The van der Waals surface area contributed by atoms with Crippen molar-refractivity contribution in [2.75, 3.05) is 38.4 Å². The van der Waals surface area contributed by atoms with Gasteiger partial charge in [0, 0.05) is 26.6 Å². The van der Waals surface area contributed by atoms with Gasteiger partial charge in [-0.1, -0.05) is 30.7 Å². The third-order valence-corrected chi connectivity index (χ3v) is 7.21. The number of amides is 2. The molecule has 11 heteroatoms. The minimum atomic E-state index is -3.63. The summed E-state index contributed by atoms with van der Waals surface area (Å²) in [5.41, 5.74) is 1.22. The number of nitrogens with zero attached hydrogens (tertiary/aromatic N) is 2. The lowest BCUT2D eigenvalue weighted by molar-refractivity contribution is -0.141. The highest BCUT2D eigenvalue weighted by Crippen LogP contribution is 2.30. The predicted molar refractivity (Wildman–Crippen MR) is 141 cm³/mol. The van der Waals surface area contributed by atoms with E-state index in [9.17, 15) is 18.0 Å². The number of carbonyl (C=O) groups is 2. The molecule has 0 aliphatic rings. The van der Waals surface area contributed by atoms with Crippen LogP contribution in [0.1, 0.15) is 31.7 Å². The van der Waals surface area contributed by atoms with Crippen LogP contribution in [0.4, 0.5) is 5.69 Å². The van der Waals surface area contributed by atoms with Crippen LogP contribution in [0.5, 0.6) is 11.5 Å². The molecule has 9 nitrogen and oxygen atoms in total. The molecule has 2 aromatic carbocycles. The molecule has 2 rings (SSSR count). The minimum Gasteiger partial charge on any atom is -0.497 e. The minimum absolute atomic E-state index is 0.0551. The van der Waals surface area contributed by atoms with Crippen molar-refractivity contribution < 1.29 is 27.5 Å². The second-order valence-corrected chi connectivity index (χ2v) is 10.5. The van der Waals surface area contributed by atoms with Crippen LogP contribution in [-0.4, -0.2) is 65.2 Å². The fraction of sp³-hybridized carbons (Fsp3) is 0.440. The molecule has 0 aromatic heterocycles. The first kappa shape index (κ1) is 29.3. The first-order valence-electron chi connectivity index (χ1n) is 11.5. The summed E-state index contributed by atoms with van der Waals surface area (Å²) in [5, 5.41) is 2.90. The molecule has 0 spiro atoms. The number of carbonyl (C=O) groups excluding carboxylic acids is 2. The van der Waals surface area contributed by atoms with Gasteiger partial charge in [-0.25, -0.2) is 8.42 Å². The summed E-state index contributed by atoms with van der Waals surface area (Å²) in [6, 6.07) is 11.3. The third-order valence-electron chi connectivity index (χ3n) is 5.72. The summed E-state index contributed by atoms with van der Waals surface area (Å²) in [7, 11) is 0.945. The number of hydrogen-bond acceptors (Lipinski definition) is 6. The number of rotatable bonds is 13. The number of hydrogen-bond donors (Lipinski definition) is 1. The molecule has 2 aromatic rings. The lowest BCUT2D eigenvalue weighted by Crippen LogP contribution is -2.48. The van der Waals surface area contributed by atoms with Crippen LogP contribution >= 0.6 is 11.6 Å². The van der Waals surface area contributed by atoms with Gasteiger partial charge in [0.05, 0.1) is 31.2 Å². The van der Waals surface area contributed by atoms with Gasteiger partial charge in [0.15, 0.2) is 0 Å². The number of nitrogens with one attached hydrogen (secondary N) is 1. The van der Waals surface area contributed by atoms with E-state index in [1.807, 2.05) is 19.1 Å². The van der Waals surface area contributed by atoms with Crippen LogP contribution < -0.4 is 19.1 Å². The SMILES string of the molecule is CC[C@@H](C(=O)NC)N(Cc1ccc(OC)cc1)C(=O)CCCN(c1ccc(OC)c(Cl)c1)S(C)(=O)=O. The van der Waals surface area contributed by atoms with Crippen molar-refractivity contribution in [1.29, 1.82) is 0 Å². The zero-order chi connectivity index (χ0) is 26.9. The molecule has 0 bridgehead atoms. The Morgan fingerprint density at radius 1 is 1.08 bits per heavy atom. The molecule has 0 radical (unpaired) electrons. The van der Waals surface area contributed by atoms with Gasteiger partial charge in [-0.15, -0.1) is 0 Å². The Morgan fingerprint density at radius 2 is 1.75 bits per heavy atom. The van der Waals surface area contributed by atoms with Gasteiger partial charge in [-0.3, -0.25) is 13.9 Å². The van der Waals surface area contributed by atoms with Crippen molar-refractivity contribution in [3.63, 3.8) is 0 Å². The number of halogens is 1. The number of likely N-dealkylation sites (N-methyl/N-ethyl adjacent to an activating group) is 1. The summed E-state index contributed by atoms with van der Waals surface area (Å²) in [6.45, 7) is 2.14. The van der Waals surface area contributed by atoms with E-state index in [0.29, 0.717) is 23.6 Å². The predicted octanol–water partition coefficient (Wildman–Crippen LogP) is 3.46. The summed E-state index contributed by atoms with van der Waals surface area (Å²) >= 11 is 6.19. The highest BCUT2D eigenvalue weighted by Gasteiger charge is 2.28. The molecule has 0 saturated carbocycles. The topological polar surface area (TPSA) is 105 Å². The number of ether oxygens (including phenoxy) is 2. The number of anilines is 1. The lowest BCUT2D eigenvalue weighted by Gasteiger charge is -2.31. The Hall–Kier alpha value is -2.98.